The van der Waals surface area contributed by atoms with Crippen LogP contribution in [0.5, 0.6) is 0 Å². The van der Waals surface area contributed by atoms with Crippen LogP contribution in [0.15, 0.2) is 77.3 Å². The van der Waals surface area contributed by atoms with E-state index in [-0.39, 0.29) is 11.7 Å². The van der Waals surface area contributed by atoms with Crippen LogP contribution in [0.1, 0.15) is 28.7 Å². The van der Waals surface area contributed by atoms with Crippen LogP contribution in [0.25, 0.3) is 17.1 Å². The molecule has 1 aromatic heterocycles. The number of carbonyl (C=O) groups excluding carboxylic acids is 1. The molecule has 0 aliphatic carbocycles. The monoisotopic (exact) mass is 460 g/mol. The lowest BCUT2D eigenvalue weighted by molar-refractivity contribution is 0.101. The molecule has 0 saturated heterocycles. The standard InChI is InChI=1S/C24H21BrN4O/c1-3-17-6-12-20(13-7-17)26-24(30)22-27-23(18-8-10-19(25)11-9-18)29(28-22)21-14-4-16(2)5-15-21/h4-15H,3H2,1-2H3,(H,26,30). The molecule has 0 fully saturated rings. The Balaban J connectivity index is 1.71. The second kappa shape index (κ2) is 8.63. The lowest BCUT2D eigenvalue weighted by Gasteiger charge is -2.06. The van der Waals surface area contributed by atoms with Crippen LogP contribution in [0.4, 0.5) is 5.69 Å². The van der Waals surface area contributed by atoms with Gasteiger partial charge in [-0.25, -0.2) is 9.67 Å². The lowest BCUT2D eigenvalue weighted by Crippen LogP contribution is -2.14. The van der Waals surface area contributed by atoms with Gasteiger partial charge in [-0.05, 0) is 55.3 Å². The normalized spacial score (nSPS) is 10.8. The maximum atomic E-state index is 12.8. The number of carbonyl (C=O) groups is 1. The highest BCUT2D eigenvalue weighted by molar-refractivity contribution is 9.10. The molecular formula is C24H21BrN4O. The van der Waals surface area contributed by atoms with Crippen molar-refractivity contribution in [1.82, 2.24) is 14.8 Å². The van der Waals surface area contributed by atoms with E-state index in [0.29, 0.717) is 11.5 Å². The number of nitrogens with one attached hydrogen (secondary N) is 1. The number of halogens is 1. The van der Waals surface area contributed by atoms with Gasteiger partial charge in [0.05, 0.1) is 5.69 Å². The SMILES string of the molecule is CCc1ccc(NC(=O)c2nc(-c3ccc(Br)cc3)n(-c3ccc(C)cc3)n2)cc1. The van der Waals surface area contributed by atoms with Crippen LogP contribution in [0.3, 0.4) is 0 Å². The Kier molecular flexibility index (Phi) is 5.77. The van der Waals surface area contributed by atoms with E-state index in [1.54, 1.807) is 4.68 Å². The molecule has 1 heterocycles. The Bertz CT molecular complexity index is 1100. The smallest absolute Gasteiger partial charge is 0.295 e. The van der Waals surface area contributed by atoms with Gasteiger partial charge in [-0.3, -0.25) is 4.79 Å². The van der Waals surface area contributed by atoms with Gasteiger partial charge in [0, 0.05) is 15.7 Å². The molecule has 5 nitrogen and oxygen atoms in total. The highest BCUT2D eigenvalue weighted by Crippen LogP contribution is 2.24. The molecular weight excluding hydrogens is 440 g/mol. The van der Waals surface area contributed by atoms with E-state index >= 15 is 0 Å². The molecule has 30 heavy (non-hydrogen) atoms. The molecule has 3 aromatic carbocycles. The topological polar surface area (TPSA) is 59.8 Å². The van der Waals surface area contributed by atoms with Crippen molar-refractivity contribution >= 4 is 27.5 Å². The first-order chi connectivity index (χ1) is 14.5. The first-order valence-corrected chi connectivity index (χ1v) is 10.5. The molecule has 0 bridgehead atoms. The minimum Gasteiger partial charge on any atom is -0.319 e. The average molecular weight is 461 g/mol. The van der Waals surface area contributed by atoms with E-state index < -0.39 is 0 Å². The highest BCUT2D eigenvalue weighted by Gasteiger charge is 2.19. The van der Waals surface area contributed by atoms with Crippen molar-refractivity contribution in [2.45, 2.75) is 20.3 Å². The fraction of sp³-hybridized carbons (Fsp3) is 0.125. The number of aryl methyl sites for hydroxylation is 2. The molecule has 0 radical (unpaired) electrons. The first-order valence-electron chi connectivity index (χ1n) is 9.74. The number of nitrogens with zero attached hydrogens (tertiary/aromatic N) is 3. The summed E-state index contributed by atoms with van der Waals surface area (Å²) in [5.41, 5.74) is 4.80. The molecule has 1 N–H and O–H groups in total. The van der Waals surface area contributed by atoms with Crippen LogP contribution in [0, 0.1) is 6.92 Å². The molecule has 0 spiro atoms. The maximum Gasteiger partial charge on any atom is 0.295 e. The summed E-state index contributed by atoms with van der Waals surface area (Å²) in [5, 5.41) is 7.41. The summed E-state index contributed by atoms with van der Waals surface area (Å²) >= 11 is 3.46. The lowest BCUT2D eigenvalue weighted by atomic mass is 10.1. The van der Waals surface area contributed by atoms with Gasteiger partial charge in [-0.1, -0.05) is 64.8 Å². The number of aromatic nitrogens is 3. The van der Waals surface area contributed by atoms with Gasteiger partial charge in [0.25, 0.3) is 5.91 Å². The van der Waals surface area contributed by atoms with Gasteiger partial charge in [-0.15, -0.1) is 5.10 Å². The third kappa shape index (κ3) is 4.33. The number of anilines is 1. The van der Waals surface area contributed by atoms with Crippen LogP contribution >= 0.6 is 15.9 Å². The van der Waals surface area contributed by atoms with E-state index in [4.69, 9.17) is 0 Å². The fourth-order valence-electron chi connectivity index (χ4n) is 3.07. The number of hydrogen-bond donors (Lipinski definition) is 1. The predicted octanol–water partition coefficient (Wildman–Crippen LogP) is 5.82. The van der Waals surface area contributed by atoms with Crippen molar-refractivity contribution in [2.75, 3.05) is 5.32 Å². The maximum absolute atomic E-state index is 12.8. The van der Waals surface area contributed by atoms with E-state index in [2.05, 4.69) is 38.3 Å². The number of amides is 1. The molecule has 0 aliphatic heterocycles. The third-order valence-electron chi connectivity index (χ3n) is 4.81. The summed E-state index contributed by atoms with van der Waals surface area (Å²) in [7, 11) is 0. The third-order valence-corrected chi connectivity index (χ3v) is 5.34. The number of hydrogen-bond acceptors (Lipinski definition) is 3. The zero-order valence-corrected chi connectivity index (χ0v) is 18.3. The van der Waals surface area contributed by atoms with Crippen molar-refractivity contribution in [3.05, 3.63) is 94.2 Å². The number of benzene rings is 3. The second-order valence-corrected chi connectivity index (χ2v) is 7.93. The summed E-state index contributed by atoms with van der Waals surface area (Å²) in [4.78, 5) is 17.4. The van der Waals surface area contributed by atoms with Crippen molar-refractivity contribution in [3.8, 4) is 17.1 Å². The van der Waals surface area contributed by atoms with Crippen LogP contribution in [-0.2, 0) is 6.42 Å². The summed E-state index contributed by atoms with van der Waals surface area (Å²) < 4.78 is 2.68. The highest BCUT2D eigenvalue weighted by atomic mass is 79.9. The van der Waals surface area contributed by atoms with Crippen LogP contribution < -0.4 is 5.32 Å². The molecule has 0 atom stereocenters. The molecule has 0 saturated carbocycles. The van der Waals surface area contributed by atoms with Gasteiger partial charge in [0.2, 0.25) is 5.82 Å². The van der Waals surface area contributed by atoms with Crippen molar-refractivity contribution in [2.24, 2.45) is 0 Å². The summed E-state index contributed by atoms with van der Waals surface area (Å²) in [6.07, 6.45) is 0.952. The molecule has 6 heteroatoms. The summed E-state index contributed by atoms with van der Waals surface area (Å²) in [5.74, 6) is 0.384. The predicted molar refractivity (Wildman–Crippen MR) is 123 cm³/mol. The summed E-state index contributed by atoms with van der Waals surface area (Å²) in [6, 6.07) is 23.5. The average Bonchev–Trinajstić information content (AvgIpc) is 3.21. The van der Waals surface area contributed by atoms with Crippen LogP contribution in [0.2, 0.25) is 0 Å². The molecule has 4 aromatic rings. The zero-order chi connectivity index (χ0) is 21.1. The van der Waals surface area contributed by atoms with E-state index in [1.165, 1.54) is 5.56 Å². The Morgan fingerprint density at radius 1 is 0.967 bits per heavy atom. The first kappa shape index (κ1) is 20.0. The second-order valence-electron chi connectivity index (χ2n) is 7.02. The minimum atomic E-state index is -0.344. The quantitative estimate of drug-likeness (QED) is 0.408. The zero-order valence-electron chi connectivity index (χ0n) is 16.8. The van der Waals surface area contributed by atoms with E-state index in [0.717, 1.165) is 27.7 Å². The van der Waals surface area contributed by atoms with Gasteiger partial charge in [0.15, 0.2) is 5.82 Å². The van der Waals surface area contributed by atoms with Gasteiger partial charge >= 0.3 is 0 Å². The molecule has 4 rings (SSSR count). The fourth-order valence-corrected chi connectivity index (χ4v) is 3.34. The van der Waals surface area contributed by atoms with Gasteiger partial charge in [-0.2, -0.15) is 0 Å². The molecule has 150 valence electrons. The summed E-state index contributed by atoms with van der Waals surface area (Å²) in [6.45, 7) is 4.13. The Morgan fingerprint density at radius 2 is 1.63 bits per heavy atom. The van der Waals surface area contributed by atoms with Gasteiger partial charge < -0.3 is 5.32 Å². The Morgan fingerprint density at radius 3 is 2.27 bits per heavy atom. The van der Waals surface area contributed by atoms with Crippen molar-refractivity contribution in [1.29, 1.82) is 0 Å². The van der Waals surface area contributed by atoms with Crippen molar-refractivity contribution < 1.29 is 4.79 Å². The molecule has 1 amide bonds. The largest absolute Gasteiger partial charge is 0.319 e. The van der Waals surface area contributed by atoms with Crippen molar-refractivity contribution in [3.63, 3.8) is 0 Å². The van der Waals surface area contributed by atoms with E-state index in [9.17, 15) is 4.79 Å². The minimum absolute atomic E-state index is 0.119. The van der Waals surface area contributed by atoms with E-state index in [1.807, 2.05) is 79.7 Å². The van der Waals surface area contributed by atoms with Gasteiger partial charge in [0.1, 0.15) is 0 Å². The Hall–Kier alpha value is -3.25. The Labute approximate surface area is 183 Å². The molecule has 0 aliphatic rings. The number of rotatable bonds is 5. The van der Waals surface area contributed by atoms with Crippen LogP contribution in [-0.4, -0.2) is 20.7 Å². The molecule has 0 unspecified atom stereocenters.